The monoisotopic (exact) mass is 808 g/mol. The van der Waals surface area contributed by atoms with E-state index >= 15 is 0 Å². The van der Waals surface area contributed by atoms with Crippen LogP contribution in [0, 0.1) is 13.8 Å². The van der Waals surface area contributed by atoms with E-state index < -0.39 is 29.6 Å². The molecule has 7 N–H and O–H groups in total. The summed E-state index contributed by atoms with van der Waals surface area (Å²) in [6.07, 6.45) is 3.67. The summed E-state index contributed by atoms with van der Waals surface area (Å²) in [5.74, 6) is -2.70. The fourth-order valence-electron chi connectivity index (χ4n) is 6.35. The SMILES string of the molecule is CC.CCn1nc(C)cc1C(=O)Nc1nc2cc(C(N)=O)ccc2n1C/C=C/Cn1c(NC(=O)c2cc(C)nn2CC)nc2cc(C(N)=O)cc(OCCCC(=O)O)c21. The number of carboxylic acids is 1. The second-order valence-electron chi connectivity index (χ2n) is 13.1. The van der Waals surface area contributed by atoms with Crippen LogP contribution in [0.5, 0.6) is 5.75 Å². The molecule has 6 aromatic rings. The second kappa shape index (κ2) is 18.8. The molecule has 0 unspecified atom stereocenters. The van der Waals surface area contributed by atoms with Crippen molar-refractivity contribution in [2.75, 3.05) is 17.2 Å². The Labute approximate surface area is 339 Å². The van der Waals surface area contributed by atoms with Crippen LogP contribution >= 0.6 is 0 Å². The predicted octanol–water partition coefficient (Wildman–Crippen LogP) is 4.66. The van der Waals surface area contributed by atoms with Gasteiger partial charge in [0.15, 0.2) is 0 Å². The Hall–Kier alpha value is -7.31. The third kappa shape index (κ3) is 9.63. The second-order valence-corrected chi connectivity index (χ2v) is 13.1. The van der Waals surface area contributed by atoms with E-state index in [1.54, 1.807) is 68.8 Å². The van der Waals surface area contributed by atoms with Gasteiger partial charge in [0.2, 0.25) is 23.7 Å². The Morgan fingerprint density at radius 2 is 1.27 bits per heavy atom. The fraction of sp³-hybridized carbons (Fsp3) is 0.325. The largest absolute Gasteiger partial charge is 0.491 e. The van der Waals surface area contributed by atoms with Crippen molar-refractivity contribution in [3.05, 3.63) is 88.5 Å². The van der Waals surface area contributed by atoms with Crippen LogP contribution in [0.3, 0.4) is 0 Å². The van der Waals surface area contributed by atoms with Gasteiger partial charge in [-0.05, 0) is 76.6 Å². The molecule has 6 rings (SSSR count). The number of rotatable bonds is 17. The molecule has 4 heterocycles. The number of allylic oxidation sites excluding steroid dienone is 2. The van der Waals surface area contributed by atoms with E-state index in [1.165, 1.54) is 12.1 Å². The lowest BCUT2D eigenvalue weighted by molar-refractivity contribution is -0.137. The number of carboxylic acid groups (broad SMARTS) is 1. The van der Waals surface area contributed by atoms with E-state index in [4.69, 9.17) is 21.3 Å². The lowest BCUT2D eigenvalue weighted by atomic mass is 10.1. The number of primary amides is 2. The van der Waals surface area contributed by atoms with Crippen molar-refractivity contribution >= 4 is 63.6 Å². The highest BCUT2D eigenvalue weighted by molar-refractivity contribution is 6.05. The number of fused-ring (bicyclic) bond motifs is 2. The van der Waals surface area contributed by atoms with Crippen LogP contribution in [-0.4, -0.2) is 80.0 Å². The van der Waals surface area contributed by atoms with Gasteiger partial charge in [-0.1, -0.05) is 26.0 Å². The number of amides is 4. The average molecular weight is 809 g/mol. The lowest BCUT2D eigenvalue weighted by Gasteiger charge is -2.13. The topological polar surface area (TPSA) is 262 Å². The van der Waals surface area contributed by atoms with Crippen LogP contribution in [0.1, 0.15) is 93.6 Å². The Bertz CT molecular complexity index is 2580. The minimum atomic E-state index is -0.985. The minimum Gasteiger partial charge on any atom is -0.491 e. The molecule has 0 aliphatic heterocycles. The molecule has 0 atom stereocenters. The first kappa shape index (κ1) is 42.8. The van der Waals surface area contributed by atoms with E-state index in [0.717, 1.165) is 0 Å². The van der Waals surface area contributed by atoms with E-state index in [1.807, 2.05) is 33.8 Å². The van der Waals surface area contributed by atoms with Gasteiger partial charge in [0.05, 0.1) is 34.5 Å². The number of anilines is 2. The molecule has 59 heavy (non-hydrogen) atoms. The number of benzene rings is 2. The number of carbonyl (C=O) groups is 5. The van der Waals surface area contributed by atoms with E-state index in [9.17, 15) is 24.0 Å². The zero-order chi connectivity index (χ0) is 43.0. The first-order valence-electron chi connectivity index (χ1n) is 19.1. The average Bonchev–Trinajstić information content (AvgIpc) is 3.97. The summed E-state index contributed by atoms with van der Waals surface area (Å²) >= 11 is 0. The Morgan fingerprint density at radius 3 is 1.81 bits per heavy atom. The van der Waals surface area contributed by atoms with Crippen LogP contribution in [0.2, 0.25) is 0 Å². The van der Waals surface area contributed by atoms with Gasteiger partial charge in [0, 0.05) is 43.7 Å². The molecule has 19 heteroatoms. The molecule has 310 valence electrons. The van der Waals surface area contributed by atoms with Crippen LogP contribution in [-0.2, 0) is 31.0 Å². The number of carbonyl (C=O) groups excluding carboxylic acids is 4. The van der Waals surface area contributed by atoms with Crippen molar-refractivity contribution in [2.24, 2.45) is 11.5 Å². The smallest absolute Gasteiger partial charge is 0.303 e. The number of nitrogens with zero attached hydrogens (tertiary/aromatic N) is 8. The zero-order valence-corrected chi connectivity index (χ0v) is 33.8. The summed E-state index contributed by atoms with van der Waals surface area (Å²) in [6, 6.07) is 11.1. The van der Waals surface area contributed by atoms with Crippen molar-refractivity contribution < 1.29 is 33.8 Å². The van der Waals surface area contributed by atoms with Crippen LogP contribution < -0.4 is 26.8 Å². The summed E-state index contributed by atoms with van der Waals surface area (Å²) in [6.45, 7) is 12.6. The lowest BCUT2D eigenvalue weighted by Crippen LogP contribution is -2.20. The third-order valence-electron chi connectivity index (χ3n) is 8.98. The summed E-state index contributed by atoms with van der Waals surface area (Å²) in [5.41, 5.74) is 15.3. The third-order valence-corrected chi connectivity index (χ3v) is 8.98. The maximum absolute atomic E-state index is 13.6. The van der Waals surface area contributed by atoms with Crippen molar-refractivity contribution in [1.29, 1.82) is 0 Å². The van der Waals surface area contributed by atoms with Gasteiger partial charge in [-0.2, -0.15) is 10.2 Å². The van der Waals surface area contributed by atoms with Gasteiger partial charge in [-0.3, -0.25) is 44.0 Å². The molecular formula is C40H48N12O7. The molecule has 2 aromatic carbocycles. The van der Waals surface area contributed by atoms with Crippen molar-refractivity contribution in [2.45, 2.75) is 80.6 Å². The number of imidazole rings is 2. The molecule has 0 spiro atoms. The fourth-order valence-corrected chi connectivity index (χ4v) is 6.35. The van der Waals surface area contributed by atoms with Crippen LogP contribution in [0.15, 0.2) is 54.6 Å². The first-order chi connectivity index (χ1) is 28.3. The molecule has 0 radical (unpaired) electrons. The number of hydrogen-bond donors (Lipinski definition) is 5. The van der Waals surface area contributed by atoms with Crippen molar-refractivity contribution in [3.63, 3.8) is 0 Å². The summed E-state index contributed by atoms with van der Waals surface area (Å²) in [7, 11) is 0. The van der Waals surface area contributed by atoms with E-state index in [0.29, 0.717) is 57.9 Å². The maximum atomic E-state index is 13.6. The highest BCUT2D eigenvalue weighted by Gasteiger charge is 2.23. The molecule has 0 saturated carbocycles. The molecule has 0 aliphatic rings. The van der Waals surface area contributed by atoms with Crippen molar-refractivity contribution in [3.8, 4) is 5.75 Å². The molecular weight excluding hydrogens is 761 g/mol. The normalized spacial score (nSPS) is 11.2. The Kier molecular flexibility index (Phi) is 13.6. The van der Waals surface area contributed by atoms with Gasteiger partial charge in [-0.25, -0.2) is 9.97 Å². The molecule has 0 fully saturated rings. The van der Waals surface area contributed by atoms with Gasteiger partial charge in [0.25, 0.3) is 11.8 Å². The van der Waals surface area contributed by atoms with Crippen molar-refractivity contribution in [1.82, 2.24) is 38.7 Å². The van der Waals surface area contributed by atoms with Gasteiger partial charge in [0.1, 0.15) is 22.7 Å². The van der Waals surface area contributed by atoms with Gasteiger partial charge >= 0.3 is 5.97 Å². The summed E-state index contributed by atoms with van der Waals surface area (Å²) in [5, 5.41) is 23.6. The molecule has 4 aromatic heterocycles. The predicted molar refractivity (Wildman–Crippen MR) is 221 cm³/mol. The number of hydrogen-bond acceptors (Lipinski definition) is 10. The molecule has 0 saturated heterocycles. The number of aromatic nitrogens is 8. The van der Waals surface area contributed by atoms with Crippen LogP contribution in [0.4, 0.5) is 11.9 Å². The number of nitrogens with one attached hydrogen (secondary N) is 2. The number of aryl methyl sites for hydroxylation is 4. The molecule has 19 nitrogen and oxygen atoms in total. The standard InChI is InChI=1S/C38H42N12O7.C2H6/c1-5-49-28(16-21(3)45-49)35(55)43-37-41-25-18-23(33(39)53)11-12-27(25)47(37)13-7-8-14-48-32-26(19-24(34(40)54)20-30(32)57-15-9-10-31(51)52)42-38(48)44-36(56)29-17-22(4)46-50(29)6-2;1-2/h7-8,11-12,16-20H,5-6,9-10,13-15H2,1-4H3,(H2,39,53)(H2,40,54)(H,51,52)(H,41,43,55)(H,42,44,56);1-2H3/b8-7+;. The quantitative estimate of drug-likeness (QED) is 0.0625. The summed E-state index contributed by atoms with van der Waals surface area (Å²) in [4.78, 5) is 71.9. The molecule has 0 bridgehead atoms. The highest BCUT2D eigenvalue weighted by Crippen LogP contribution is 2.32. The van der Waals surface area contributed by atoms with Gasteiger partial charge in [-0.15, -0.1) is 0 Å². The van der Waals surface area contributed by atoms with Crippen LogP contribution in [0.25, 0.3) is 22.1 Å². The zero-order valence-electron chi connectivity index (χ0n) is 33.8. The first-order valence-corrected chi connectivity index (χ1v) is 19.1. The minimum absolute atomic E-state index is 0.0135. The van der Waals surface area contributed by atoms with E-state index in [2.05, 4.69) is 30.8 Å². The molecule has 0 aliphatic carbocycles. The highest BCUT2D eigenvalue weighted by atomic mass is 16.5. The Balaban J connectivity index is 0.00000326. The van der Waals surface area contributed by atoms with Gasteiger partial charge < -0.3 is 30.4 Å². The maximum Gasteiger partial charge on any atom is 0.303 e. The van der Waals surface area contributed by atoms with E-state index in [-0.39, 0.29) is 61.3 Å². The number of aliphatic carboxylic acids is 1. The summed E-state index contributed by atoms with van der Waals surface area (Å²) < 4.78 is 12.6. The molecule has 4 amide bonds. The number of ether oxygens (including phenoxy) is 1. The number of nitrogens with two attached hydrogens (primary N) is 2. The Morgan fingerprint density at radius 1 is 0.746 bits per heavy atom.